The maximum atomic E-state index is 6.00. The minimum absolute atomic E-state index is 0.232. The first kappa shape index (κ1) is 7.37. The predicted molar refractivity (Wildman–Crippen MR) is 48.1 cm³/mol. The van der Waals surface area contributed by atoms with Crippen molar-refractivity contribution in [1.29, 1.82) is 0 Å². The maximum Gasteiger partial charge on any atom is 0.0868 e. The van der Waals surface area contributed by atoms with Gasteiger partial charge in [0, 0.05) is 17.8 Å². The Morgan fingerprint density at radius 2 is 2.36 bits per heavy atom. The highest BCUT2D eigenvalue weighted by molar-refractivity contribution is 9.10. The zero-order valence-corrected chi connectivity index (χ0v) is 7.76. The molecule has 1 unspecified atom stereocenters. The Morgan fingerprint density at radius 1 is 1.64 bits per heavy atom. The number of aromatic amines is 1. The summed E-state index contributed by atoms with van der Waals surface area (Å²) in [6.07, 6.45) is 4.50. The summed E-state index contributed by atoms with van der Waals surface area (Å²) >= 11 is 3.43. The Kier molecular flexibility index (Phi) is 1.77. The molecule has 0 spiro atoms. The minimum Gasteiger partial charge on any atom is -0.356 e. The van der Waals surface area contributed by atoms with Crippen LogP contribution in [0.1, 0.15) is 24.4 Å². The van der Waals surface area contributed by atoms with E-state index in [9.17, 15) is 0 Å². The number of H-pyrrole nitrogens is 1. The second-order valence-electron chi connectivity index (χ2n) is 3.11. The van der Waals surface area contributed by atoms with E-state index in [2.05, 4.69) is 20.9 Å². The van der Waals surface area contributed by atoms with Gasteiger partial charge in [0.05, 0.1) is 4.60 Å². The van der Waals surface area contributed by atoms with Crippen LogP contribution in [-0.2, 0) is 0 Å². The van der Waals surface area contributed by atoms with Crippen molar-refractivity contribution in [2.45, 2.75) is 18.9 Å². The van der Waals surface area contributed by atoms with E-state index in [-0.39, 0.29) is 6.04 Å². The van der Waals surface area contributed by atoms with Gasteiger partial charge in [-0.3, -0.25) is 0 Å². The molecule has 0 amide bonds. The van der Waals surface area contributed by atoms with Crippen LogP contribution in [0.15, 0.2) is 16.9 Å². The molecule has 1 aliphatic rings. The Morgan fingerprint density at radius 3 is 2.82 bits per heavy atom. The van der Waals surface area contributed by atoms with E-state index in [1.165, 1.54) is 18.4 Å². The summed E-state index contributed by atoms with van der Waals surface area (Å²) in [6.45, 7) is 0. The zero-order valence-electron chi connectivity index (χ0n) is 6.18. The number of nitrogens with one attached hydrogen (secondary N) is 1. The van der Waals surface area contributed by atoms with Gasteiger partial charge in [-0.25, -0.2) is 0 Å². The highest BCUT2D eigenvalue weighted by Crippen LogP contribution is 2.40. The number of hydrogen-bond donors (Lipinski definition) is 2. The van der Waals surface area contributed by atoms with Gasteiger partial charge in [0.15, 0.2) is 0 Å². The summed E-state index contributed by atoms with van der Waals surface area (Å²) in [7, 11) is 0. The summed E-state index contributed by atoms with van der Waals surface area (Å²) in [5, 5.41) is 0. The molecule has 1 aromatic heterocycles. The molecule has 1 atom stereocenters. The first-order valence-electron chi connectivity index (χ1n) is 3.87. The number of halogens is 1. The third kappa shape index (κ3) is 1.35. The van der Waals surface area contributed by atoms with E-state index in [1.54, 1.807) is 0 Å². The van der Waals surface area contributed by atoms with E-state index < -0.39 is 0 Å². The van der Waals surface area contributed by atoms with Gasteiger partial charge in [0.25, 0.3) is 0 Å². The number of rotatable bonds is 2. The summed E-state index contributed by atoms with van der Waals surface area (Å²) in [5.41, 5.74) is 7.21. The summed E-state index contributed by atoms with van der Waals surface area (Å²) < 4.78 is 1.04. The second-order valence-corrected chi connectivity index (χ2v) is 3.90. The Labute approximate surface area is 74.3 Å². The molecule has 1 aromatic rings. The van der Waals surface area contributed by atoms with Crippen molar-refractivity contribution in [2.75, 3.05) is 0 Å². The van der Waals surface area contributed by atoms with Gasteiger partial charge in [-0.1, -0.05) is 0 Å². The van der Waals surface area contributed by atoms with Crippen LogP contribution in [0, 0.1) is 5.92 Å². The summed E-state index contributed by atoms with van der Waals surface area (Å²) in [4.78, 5) is 3.07. The maximum absolute atomic E-state index is 6.00. The van der Waals surface area contributed by atoms with E-state index in [1.807, 2.05) is 12.3 Å². The average Bonchev–Trinajstić information content (AvgIpc) is 2.74. The van der Waals surface area contributed by atoms with Gasteiger partial charge in [-0.15, -0.1) is 0 Å². The molecule has 1 saturated carbocycles. The van der Waals surface area contributed by atoms with E-state index in [4.69, 9.17) is 5.73 Å². The molecule has 1 fully saturated rings. The van der Waals surface area contributed by atoms with Gasteiger partial charge in [0.2, 0.25) is 0 Å². The fourth-order valence-corrected chi connectivity index (χ4v) is 1.86. The van der Waals surface area contributed by atoms with Gasteiger partial charge in [-0.2, -0.15) is 0 Å². The third-order valence-corrected chi connectivity index (χ3v) is 2.90. The molecule has 1 heterocycles. The van der Waals surface area contributed by atoms with Crippen LogP contribution in [0.25, 0.3) is 0 Å². The van der Waals surface area contributed by atoms with Crippen molar-refractivity contribution in [2.24, 2.45) is 11.7 Å². The molecule has 2 rings (SSSR count). The highest BCUT2D eigenvalue weighted by atomic mass is 79.9. The molecule has 0 saturated heterocycles. The van der Waals surface area contributed by atoms with Crippen LogP contribution in [0.5, 0.6) is 0 Å². The first-order chi connectivity index (χ1) is 5.29. The average molecular weight is 215 g/mol. The molecular weight excluding hydrogens is 204 g/mol. The molecule has 1 aliphatic carbocycles. The summed E-state index contributed by atoms with van der Waals surface area (Å²) in [6, 6.07) is 2.28. The molecule has 0 bridgehead atoms. The van der Waals surface area contributed by atoms with Crippen LogP contribution in [-0.4, -0.2) is 4.98 Å². The van der Waals surface area contributed by atoms with Crippen LogP contribution in [0.2, 0.25) is 0 Å². The molecule has 0 aliphatic heterocycles. The largest absolute Gasteiger partial charge is 0.356 e. The lowest BCUT2D eigenvalue weighted by Gasteiger charge is -2.07. The Balaban J connectivity index is 2.20. The topological polar surface area (TPSA) is 41.8 Å². The monoisotopic (exact) mass is 214 g/mol. The van der Waals surface area contributed by atoms with Crippen molar-refractivity contribution in [1.82, 2.24) is 4.98 Å². The minimum atomic E-state index is 0.232. The van der Waals surface area contributed by atoms with E-state index in [0.717, 1.165) is 10.5 Å². The second kappa shape index (κ2) is 2.64. The molecule has 0 aromatic carbocycles. The van der Waals surface area contributed by atoms with Crippen molar-refractivity contribution in [3.8, 4) is 0 Å². The smallest absolute Gasteiger partial charge is 0.0868 e. The van der Waals surface area contributed by atoms with Gasteiger partial charge >= 0.3 is 0 Å². The van der Waals surface area contributed by atoms with Crippen molar-refractivity contribution < 1.29 is 0 Å². The van der Waals surface area contributed by atoms with Crippen molar-refractivity contribution in [3.63, 3.8) is 0 Å². The van der Waals surface area contributed by atoms with Crippen LogP contribution < -0.4 is 5.73 Å². The van der Waals surface area contributed by atoms with E-state index in [0.29, 0.717) is 0 Å². The lowest BCUT2D eigenvalue weighted by atomic mass is 10.1. The number of hydrogen-bond acceptors (Lipinski definition) is 1. The molecular formula is C8H11BrN2. The van der Waals surface area contributed by atoms with Crippen LogP contribution >= 0.6 is 15.9 Å². The van der Waals surface area contributed by atoms with Gasteiger partial charge < -0.3 is 10.7 Å². The zero-order chi connectivity index (χ0) is 7.84. The lowest BCUT2D eigenvalue weighted by molar-refractivity contribution is 0.631. The fourth-order valence-electron chi connectivity index (χ4n) is 1.33. The van der Waals surface area contributed by atoms with Gasteiger partial charge in [0.1, 0.15) is 0 Å². The molecule has 3 N–H and O–H groups in total. The highest BCUT2D eigenvalue weighted by Gasteiger charge is 2.30. The Bertz CT molecular complexity index is 252. The molecule has 60 valence electrons. The molecule has 11 heavy (non-hydrogen) atoms. The molecule has 2 nitrogen and oxygen atoms in total. The normalized spacial score (nSPS) is 20.2. The number of nitrogens with two attached hydrogens (primary N) is 1. The number of aromatic nitrogens is 1. The molecule has 3 heteroatoms. The van der Waals surface area contributed by atoms with Crippen LogP contribution in [0.3, 0.4) is 0 Å². The van der Waals surface area contributed by atoms with Crippen molar-refractivity contribution in [3.05, 3.63) is 22.4 Å². The van der Waals surface area contributed by atoms with E-state index >= 15 is 0 Å². The SMILES string of the molecule is NC(c1cc[nH]c1Br)C1CC1. The Hall–Kier alpha value is -0.280. The third-order valence-electron chi connectivity index (χ3n) is 2.22. The standard InChI is InChI=1S/C8H11BrN2/c9-8-6(3-4-11-8)7(10)5-1-2-5/h3-5,7,11H,1-2,10H2. The molecule has 0 radical (unpaired) electrons. The lowest BCUT2D eigenvalue weighted by Crippen LogP contribution is -2.11. The van der Waals surface area contributed by atoms with Gasteiger partial charge in [-0.05, 0) is 40.8 Å². The summed E-state index contributed by atoms with van der Waals surface area (Å²) in [5.74, 6) is 0.724. The van der Waals surface area contributed by atoms with Crippen LogP contribution in [0.4, 0.5) is 0 Å². The predicted octanol–water partition coefficient (Wildman–Crippen LogP) is 2.19. The first-order valence-corrected chi connectivity index (χ1v) is 4.66. The quantitative estimate of drug-likeness (QED) is 0.779. The fraction of sp³-hybridized carbons (Fsp3) is 0.500. The van der Waals surface area contributed by atoms with Crippen molar-refractivity contribution >= 4 is 15.9 Å².